The van der Waals surface area contributed by atoms with Crippen LogP contribution in [0.25, 0.3) is 0 Å². The molecule has 1 amide bonds. The van der Waals surface area contributed by atoms with Crippen LogP contribution in [-0.4, -0.2) is 42.8 Å². The summed E-state index contributed by atoms with van der Waals surface area (Å²) in [6.45, 7) is 13.6. The summed E-state index contributed by atoms with van der Waals surface area (Å²) in [5.41, 5.74) is 2.95. The maximum absolute atomic E-state index is 12.4. The molecule has 2 aliphatic rings. The summed E-state index contributed by atoms with van der Waals surface area (Å²) >= 11 is 3.71. The fraction of sp³-hybridized carbons (Fsp3) is 0.720. The van der Waals surface area contributed by atoms with Crippen LogP contribution in [0.1, 0.15) is 84.6 Å². The molecule has 5 heteroatoms. The molecule has 0 spiro atoms. The minimum Gasteiger partial charge on any atom is -0.444 e. The molecule has 1 saturated carbocycles. The first-order chi connectivity index (χ1) is 14.2. The third-order valence-electron chi connectivity index (χ3n) is 7.25. The normalized spacial score (nSPS) is 20.3. The highest BCUT2D eigenvalue weighted by Crippen LogP contribution is 2.48. The Bertz CT molecular complexity index is 721. The number of amides is 1. The van der Waals surface area contributed by atoms with Crippen molar-refractivity contribution in [2.45, 2.75) is 84.7 Å². The summed E-state index contributed by atoms with van der Waals surface area (Å²) in [5.74, 6) is 0.632. The van der Waals surface area contributed by atoms with Crippen LogP contribution in [0.4, 0.5) is 10.5 Å². The van der Waals surface area contributed by atoms with E-state index in [1.54, 1.807) is 0 Å². The molecule has 0 bridgehead atoms. The molecule has 1 aromatic rings. The van der Waals surface area contributed by atoms with Crippen LogP contribution in [0.15, 0.2) is 22.7 Å². The summed E-state index contributed by atoms with van der Waals surface area (Å²) in [6, 6.07) is 6.76. The van der Waals surface area contributed by atoms with Gasteiger partial charge in [0.1, 0.15) is 5.60 Å². The Kier molecular flexibility index (Phi) is 7.42. The zero-order valence-corrected chi connectivity index (χ0v) is 21.1. The maximum Gasteiger partial charge on any atom is 0.410 e. The van der Waals surface area contributed by atoms with Gasteiger partial charge in [0.15, 0.2) is 0 Å². The van der Waals surface area contributed by atoms with E-state index in [0.29, 0.717) is 24.4 Å². The molecule has 0 radical (unpaired) electrons. The molecule has 0 unspecified atom stereocenters. The Morgan fingerprint density at radius 3 is 2.23 bits per heavy atom. The van der Waals surface area contributed by atoms with Crippen molar-refractivity contribution in [2.75, 3.05) is 31.1 Å². The van der Waals surface area contributed by atoms with Crippen molar-refractivity contribution in [3.8, 4) is 0 Å². The smallest absolute Gasteiger partial charge is 0.410 e. The van der Waals surface area contributed by atoms with E-state index in [4.69, 9.17) is 4.74 Å². The van der Waals surface area contributed by atoms with Crippen LogP contribution in [0.3, 0.4) is 0 Å². The van der Waals surface area contributed by atoms with Crippen molar-refractivity contribution < 1.29 is 9.53 Å². The van der Waals surface area contributed by atoms with Crippen molar-refractivity contribution in [1.29, 1.82) is 0 Å². The lowest BCUT2D eigenvalue weighted by atomic mass is 9.66. The number of hydrogen-bond donors (Lipinski definition) is 0. The van der Waals surface area contributed by atoms with Crippen LogP contribution >= 0.6 is 15.9 Å². The summed E-state index contributed by atoms with van der Waals surface area (Å²) in [4.78, 5) is 16.7. The second-order valence-corrected chi connectivity index (χ2v) is 11.1. The SMILES string of the molecule is CCC1(CC)CCC(c2cc(Br)ccc2N2CCN(C(=O)OC(C)(C)C)CC2)CC1. The third kappa shape index (κ3) is 5.52. The van der Waals surface area contributed by atoms with E-state index in [0.717, 1.165) is 17.6 Å². The number of piperazine rings is 1. The van der Waals surface area contributed by atoms with Gasteiger partial charge in [0, 0.05) is 36.3 Å². The van der Waals surface area contributed by atoms with Gasteiger partial charge in [-0.1, -0.05) is 42.6 Å². The van der Waals surface area contributed by atoms with Crippen LogP contribution in [0.5, 0.6) is 0 Å². The molecule has 1 aromatic carbocycles. The Morgan fingerprint density at radius 1 is 1.10 bits per heavy atom. The molecule has 0 aromatic heterocycles. The lowest BCUT2D eigenvalue weighted by Crippen LogP contribution is -2.50. The number of nitrogens with zero attached hydrogens (tertiary/aromatic N) is 2. The summed E-state index contributed by atoms with van der Waals surface area (Å²) in [5, 5.41) is 0. The second kappa shape index (κ2) is 9.50. The number of halogens is 1. The van der Waals surface area contributed by atoms with Gasteiger partial charge < -0.3 is 14.5 Å². The van der Waals surface area contributed by atoms with Crippen LogP contribution < -0.4 is 4.90 Å². The fourth-order valence-electron chi connectivity index (χ4n) is 5.10. The first-order valence-corrected chi connectivity index (χ1v) is 12.5. The van der Waals surface area contributed by atoms with Gasteiger partial charge in [-0.2, -0.15) is 0 Å². The van der Waals surface area contributed by atoms with Gasteiger partial charge in [0.05, 0.1) is 0 Å². The molecular weight excluding hydrogens is 440 g/mol. The summed E-state index contributed by atoms with van der Waals surface area (Å²) in [7, 11) is 0. The molecular formula is C25H39BrN2O2. The van der Waals surface area contributed by atoms with E-state index in [-0.39, 0.29) is 6.09 Å². The zero-order chi connectivity index (χ0) is 21.9. The van der Waals surface area contributed by atoms with Crippen molar-refractivity contribution in [3.63, 3.8) is 0 Å². The molecule has 4 nitrogen and oxygen atoms in total. The number of anilines is 1. The number of rotatable bonds is 4. The maximum atomic E-state index is 12.4. The number of benzene rings is 1. The fourth-order valence-corrected chi connectivity index (χ4v) is 5.47. The van der Waals surface area contributed by atoms with E-state index < -0.39 is 5.60 Å². The average Bonchev–Trinajstić information content (AvgIpc) is 2.73. The van der Waals surface area contributed by atoms with Crippen molar-refractivity contribution in [3.05, 3.63) is 28.2 Å². The van der Waals surface area contributed by atoms with Gasteiger partial charge in [-0.3, -0.25) is 0 Å². The molecule has 1 aliphatic carbocycles. The van der Waals surface area contributed by atoms with Crippen LogP contribution in [0, 0.1) is 5.41 Å². The van der Waals surface area contributed by atoms with Gasteiger partial charge >= 0.3 is 6.09 Å². The van der Waals surface area contributed by atoms with Crippen LogP contribution in [0.2, 0.25) is 0 Å². The second-order valence-electron chi connectivity index (χ2n) is 10.1. The van der Waals surface area contributed by atoms with Gasteiger partial charge in [-0.05, 0) is 81.5 Å². The topological polar surface area (TPSA) is 32.8 Å². The standard InChI is InChI=1S/C25H39BrN2O2/c1-6-25(7-2)12-10-19(11-13-25)21-18-20(26)8-9-22(21)27-14-16-28(17-15-27)23(29)30-24(3,4)5/h8-9,18-19H,6-7,10-17H2,1-5H3. The molecule has 30 heavy (non-hydrogen) atoms. The lowest BCUT2D eigenvalue weighted by molar-refractivity contribution is 0.0240. The van der Waals surface area contributed by atoms with Crippen molar-refractivity contribution >= 4 is 27.7 Å². The summed E-state index contributed by atoms with van der Waals surface area (Å²) < 4.78 is 6.72. The minimum absolute atomic E-state index is 0.194. The third-order valence-corrected chi connectivity index (χ3v) is 7.74. The Balaban J connectivity index is 1.69. The Labute approximate surface area is 191 Å². The minimum atomic E-state index is -0.444. The van der Waals surface area contributed by atoms with Gasteiger partial charge in [0.25, 0.3) is 0 Å². The molecule has 0 N–H and O–H groups in total. The van der Waals surface area contributed by atoms with Gasteiger partial charge in [0.2, 0.25) is 0 Å². The highest BCUT2D eigenvalue weighted by atomic mass is 79.9. The number of carbonyl (C=O) groups is 1. The Morgan fingerprint density at radius 2 is 1.70 bits per heavy atom. The highest BCUT2D eigenvalue weighted by molar-refractivity contribution is 9.10. The molecule has 1 heterocycles. The zero-order valence-electron chi connectivity index (χ0n) is 19.5. The van der Waals surface area contributed by atoms with Crippen LogP contribution in [-0.2, 0) is 4.74 Å². The predicted molar refractivity (Wildman–Crippen MR) is 128 cm³/mol. The number of hydrogen-bond acceptors (Lipinski definition) is 3. The van der Waals surface area contributed by atoms with E-state index in [2.05, 4.69) is 52.9 Å². The van der Waals surface area contributed by atoms with Crippen molar-refractivity contribution in [2.24, 2.45) is 5.41 Å². The van der Waals surface area contributed by atoms with E-state index >= 15 is 0 Å². The molecule has 3 rings (SSSR count). The molecule has 1 saturated heterocycles. The van der Waals surface area contributed by atoms with E-state index in [9.17, 15) is 4.79 Å². The number of ether oxygens (including phenoxy) is 1. The predicted octanol–water partition coefficient (Wildman–Crippen LogP) is 6.97. The highest BCUT2D eigenvalue weighted by Gasteiger charge is 2.34. The number of carbonyl (C=O) groups excluding carboxylic acids is 1. The van der Waals surface area contributed by atoms with Gasteiger partial charge in [-0.25, -0.2) is 4.79 Å². The van der Waals surface area contributed by atoms with Gasteiger partial charge in [-0.15, -0.1) is 0 Å². The molecule has 1 aliphatic heterocycles. The summed E-state index contributed by atoms with van der Waals surface area (Å²) in [6.07, 6.45) is 7.64. The molecule has 0 atom stereocenters. The first-order valence-electron chi connectivity index (χ1n) is 11.7. The molecule has 2 fully saturated rings. The monoisotopic (exact) mass is 478 g/mol. The quantitative estimate of drug-likeness (QED) is 0.468. The Hall–Kier alpha value is -1.23. The average molecular weight is 480 g/mol. The van der Waals surface area contributed by atoms with E-state index in [1.165, 1.54) is 49.8 Å². The molecule has 168 valence electrons. The first kappa shape index (κ1) is 23.4. The van der Waals surface area contributed by atoms with Crippen molar-refractivity contribution in [1.82, 2.24) is 4.90 Å². The van der Waals surface area contributed by atoms with E-state index in [1.807, 2.05) is 25.7 Å². The largest absolute Gasteiger partial charge is 0.444 e. The lowest BCUT2D eigenvalue weighted by Gasteiger charge is -2.41.